The van der Waals surface area contributed by atoms with Crippen molar-refractivity contribution in [3.63, 3.8) is 0 Å². The van der Waals surface area contributed by atoms with Crippen molar-refractivity contribution in [2.45, 2.75) is 45.2 Å². The molecule has 8 nitrogen and oxygen atoms in total. The molecule has 0 spiro atoms. The summed E-state index contributed by atoms with van der Waals surface area (Å²) >= 11 is 0. The Morgan fingerprint density at radius 1 is 1.09 bits per heavy atom. The molecule has 2 aromatic heterocycles. The fourth-order valence-electron chi connectivity index (χ4n) is 5.31. The van der Waals surface area contributed by atoms with E-state index in [1.807, 2.05) is 56.1 Å². The third-order valence-electron chi connectivity index (χ3n) is 7.53. The van der Waals surface area contributed by atoms with Crippen molar-refractivity contribution < 1.29 is 13.2 Å². The van der Waals surface area contributed by atoms with Gasteiger partial charge < -0.3 is 9.80 Å². The number of sulfone groups is 1. The van der Waals surface area contributed by atoms with Crippen molar-refractivity contribution in [1.82, 2.24) is 24.6 Å². The number of aryl methyl sites for hydroxylation is 2. The molecule has 5 rings (SSSR count). The molecular formula is C26H33N5O3S. The number of carbonyl (C=O) groups excluding carboxylic acids is 1. The van der Waals surface area contributed by atoms with Crippen LogP contribution in [0.4, 0.5) is 0 Å². The predicted octanol–water partition coefficient (Wildman–Crippen LogP) is 3.24. The number of amides is 1. The van der Waals surface area contributed by atoms with Gasteiger partial charge >= 0.3 is 0 Å². The highest BCUT2D eigenvalue weighted by Gasteiger charge is 2.33. The molecule has 1 atom stereocenters. The fourth-order valence-corrected chi connectivity index (χ4v) is 7.01. The van der Waals surface area contributed by atoms with E-state index in [2.05, 4.69) is 11.9 Å². The van der Waals surface area contributed by atoms with E-state index in [-0.39, 0.29) is 29.5 Å². The number of pyridine rings is 1. The number of nitrogens with zero attached hydrogens (tertiary/aromatic N) is 5. The van der Waals surface area contributed by atoms with Crippen LogP contribution in [0.5, 0.6) is 0 Å². The van der Waals surface area contributed by atoms with E-state index in [1.54, 1.807) is 4.68 Å². The molecule has 0 radical (unpaired) electrons. The highest BCUT2D eigenvalue weighted by atomic mass is 32.2. The average molecular weight is 496 g/mol. The van der Waals surface area contributed by atoms with Crippen molar-refractivity contribution in [2.75, 3.05) is 38.7 Å². The molecule has 0 saturated carbocycles. The SMILES string of the molecule is Cc1ccc(-c2cc(C(=O)N(C)C3CCN(C)CC3)c3c(C)nn(C4CCS(=O)(=O)C4)c3n2)cc1. The molecule has 2 aliphatic rings. The quantitative estimate of drug-likeness (QED) is 0.552. The van der Waals surface area contributed by atoms with Crippen LogP contribution in [0.15, 0.2) is 30.3 Å². The fraction of sp³-hybridized carbons (Fsp3) is 0.500. The number of benzene rings is 1. The summed E-state index contributed by atoms with van der Waals surface area (Å²) in [6.07, 6.45) is 2.39. The Hall–Kier alpha value is -2.78. The first kappa shape index (κ1) is 23.9. The summed E-state index contributed by atoms with van der Waals surface area (Å²) in [7, 11) is 0.902. The van der Waals surface area contributed by atoms with Gasteiger partial charge in [0.05, 0.1) is 39.9 Å². The minimum Gasteiger partial charge on any atom is -0.339 e. The Balaban J connectivity index is 1.64. The molecule has 35 heavy (non-hydrogen) atoms. The van der Waals surface area contributed by atoms with Gasteiger partial charge in [0.2, 0.25) is 0 Å². The molecule has 3 aromatic rings. The predicted molar refractivity (Wildman–Crippen MR) is 137 cm³/mol. The van der Waals surface area contributed by atoms with Gasteiger partial charge in [0.25, 0.3) is 5.91 Å². The Labute approximate surface area is 206 Å². The minimum atomic E-state index is -3.10. The molecule has 0 bridgehead atoms. The van der Waals surface area contributed by atoms with Crippen LogP contribution >= 0.6 is 0 Å². The number of hydrogen-bond donors (Lipinski definition) is 0. The molecule has 2 aliphatic heterocycles. The minimum absolute atomic E-state index is 0.0398. The molecular weight excluding hydrogens is 462 g/mol. The Kier molecular flexibility index (Phi) is 6.17. The number of likely N-dealkylation sites (tertiary alicyclic amines) is 1. The van der Waals surface area contributed by atoms with Gasteiger partial charge in [-0.25, -0.2) is 18.1 Å². The zero-order valence-electron chi connectivity index (χ0n) is 20.9. The van der Waals surface area contributed by atoms with E-state index >= 15 is 0 Å². The molecule has 186 valence electrons. The van der Waals surface area contributed by atoms with Gasteiger partial charge in [-0.3, -0.25) is 4.79 Å². The van der Waals surface area contributed by atoms with Gasteiger partial charge in [0, 0.05) is 18.7 Å². The number of aromatic nitrogens is 3. The van der Waals surface area contributed by atoms with E-state index in [4.69, 9.17) is 10.1 Å². The number of piperidine rings is 1. The van der Waals surface area contributed by atoms with Crippen LogP contribution in [0.1, 0.15) is 46.9 Å². The first-order valence-corrected chi connectivity index (χ1v) is 14.1. The van der Waals surface area contributed by atoms with E-state index in [0.29, 0.717) is 29.0 Å². The normalized spacial score (nSPS) is 21.0. The van der Waals surface area contributed by atoms with Gasteiger partial charge in [-0.1, -0.05) is 29.8 Å². The maximum Gasteiger partial charge on any atom is 0.254 e. The number of fused-ring (bicyclic) bond motifs is 1. The summed E-state index contributed by atoms with van der Waals surface area (Å²) in [5.41, 5.74) is 4.62. The zero-order valence-corrected chi connectivity index (χ0v) is 21.7. The van der Waals surface area contributed by atoms with Crippen molar-refractivity contribution >= 4 is 26.8 Å². The van der Waals surface area contributed by atoms with E-state index in [1.165, 1.54) is 0 Å². The number of hydrogen-bond acceptors (Lipinski definition) is 6. The van der Waals surface area contributed by atoms with Crippen LogP contribution in [0.3, 0.4) is 0 Å². The first-order valence-electron chi connectivity index (χ1n) is 12.3. The molecule has 1 unspecified atom stereocenters. The molecule has 1 aromatic carbocycles. The summed E-state index contributed by atoms with van der Waals surface area (Å²) in [6.45, 7) is 5.85. The van der Waals surface area contributed by atoms with Crippen molar-refractivity contribution in [1.29, 1.82) is 0 Å². The van der Waals surface area contributed by atoms with E-state index in [9.17, 15) is 13.2 Å². The van der Waals surface area contributed by atoms with Gasteiger partial charge in [-0.05, 0) is 59.3 Å². The van der Waals surface area contributed by atoms with Crippen LogP contribution in [0.2, 0.25) is 0 Å². The molecule has 0 aliphatic carbocycles. The lowest BCUT2D eigenvalue weighted by Crippen LogP contribution is -2.44. The summed E-state index contributed by atoms with van der Waals surface area (Å²) in [4.78, 5) is 23.0. The number of rotatable bonds is 4. The third-order valence-corrected chi connectivity index (χ3v) is 9.28. The third kappa shape index (κ3) is 4.59. The summed E-state index contributed by atoms with van der Waals surface area (Å²) in [6, 6.07) is 9.86. The van der Waals surface area contributed by atoms with Crippen LogP contribution in [0, 0.1) is 13.8 Å². The average Bonchev–Trinajstić information content (AvgIpc) is 3.37. The van der Waals surface area contributed by atoms with Gasteiger partial charge in [0.15, 0.2) is 15.5 Å². The molecule has 2 fully saturated rings. The van der Waals surface area contributed by atoms with Gasteiger partial charge in [-0.2, -0.15) is 5.10 Å². The highest BCUT2D eigenvalue weighted by molar-refractivity contribution is 7.91. The number of carbonyl (C=O) groups is 1. The second-order valence-electron chi connectivity index (χ2n) is 10.2. The Bertz CT molecular complexity index is 1370. The monoisotopic (exact) mass is 495 g/mol. The molecule has 0 N–H and O–H groups in total. The summed E-state index contributed by atoms with van der Waals surface area (Å²) < 4.78 is 26.2. The lowest BCUT2D eigenvalue weighted by Gasteiger charge is -2.35. The van der Waals surface area contributed by atoms with Gasteiger partial charge in [0.1, 0.15) is 0 Å². The maximum absolute atomic E-state index is 13.9. The largest absolute Gasteiger partial charge is 0.339 e. The summed E-state index contributed by atoms with van der Waals surface area (Å²) in [5.74, 6) is 0.167. The second kappa shape index (κ2) is 9.02. The van der Waals surface area contributed by atoms with Crippen molar-refractivity contribution in [2.24, 2.45) is 0 Å². The maximum atomic E-state index is 13.9. The van der Waals surface area contributed by atoms with Crippen LogP contribution in [0.25, 0.3) is 22.3 Å². The summed E-state index contributed by atoms with van der Waals surface area (Å²) in [5, 5.41) is 5.44. The van der Waals surface area contributed by atoms with Crippen molar-refractivity contribution in [3.8, 4) is 11.3 Å². The highest BCUT2D eigenvalue weighted by Crippen LogP contribution is 2.33. The second-order valence-corrected chi connectivity index (χ2v) is 12.4. The standard InChI is InChI=1S/C26H33N5O3S/c1-17-5-7-19(8-6-17)23-15-22(26(32)30(4)20-9-12-29(3)13-10-20)24-18(2)28-31(25(24)27-23)21-11-14-35(33,34)16-21/h5-8,15,20-21H,9-14,16H2,1-4H3. The van der Waals surface area contributed by atoms with Crippen LogP contribution < -0.4 is 0 Å². The van der Waals surface area contributed by atoms with Crippen LogP contribution in [-0.4, -0.2) is 83.6 Å². The Morgan fingerprint density at radius 2 is 1.77 bits per heavy atom. The van der Waals surface area contributed by atoms with E-state index < -0.39 is 9.84 Å². The topological polar surface area (TPSA) is 88.4 Å². The molecule has 1 amide bonds. The lowest BCUT2D eigenvalue weighted by molar-refractivity contribution is 0.0661. The zero-order chi connectivity index (χ0) is 24.9. The lowest BCUT2D eigenvalue weighted by atomic mass is 10.0. The molecule has 2 saturated heterocycles. The Morgan fingerprint density at radius 3 is 2.40 bits per heavy atom. The van der Waals surface area contributed by atoms with Gasteiger partial charge in [-0.15, -0.1) is 0 Å². The smallest absolute Gasteiger partial charge is 0.254 e. The van der Waals surface area contributed by atoms with Crippen LogP contribution in [-0.2, 0) is 9.84 Å². The first-order chi connectivity index (χ1) is 16.6. The molecule has 4 heterocycles. The van der Waals surface area contributed by atoms with Crippen molar-refractivity contribution in [3.05, 3.63) is 47.2 Å². The molecule has 9 heteroatoms. The van der Waals surface area contributed by atoms with E-state index in [0.717, 1.165) is 42.4 Å².